The van der Waals surface area contributed by atoms with Gasteiger partial charge in [0, 0.05) is 13.2 Å². The zero-order valence-electron chi connectivity index (χ0n) is 10.4. The van der Waals surface area contributed by atoms with Gasteiger partial charge in [0.05, 0.1) is 12.2 Å². The van der Waals surface area contributed by atoms with Crippen LogP contribution in [0.5, 0.6) is 0 Å². The molecule has 0 saturated heterocycles. The largest absolute Gasteiger partial charge is 0.478 e. The molecule has 0 saturated carbocycles. The fourth-order valence-electron chi connectivity index (χ4n) is 1.45. The smallest absolute Gasteiger partial charge is 0.335 e. The molecule has 0 aliphatic rings. The Balaban J connectivity index is 3.13. The van der Waals surface area contributed by atoms with Crippen molar-refractivity contribution in [1.82, 2.24) is 4.72 Å². The van der Waals surface area contributed by atoms with Gasteiger partial charge in [0.25, 0.3) is 0 Å². The Morgan fingerprint density at radius 2 is 2.16 bits per heavy atom. The normalized spacial score (nSPS) is 13.2. The van der Waals surface area contributed by atoms with E-state index in [0.717, 1.165) is 18.2 Å². The molecule has 19 heavy (non-hydrogen) atoms. The van der Waals surface area contributed by atoms with Crippen LogP contribution in [0.1, 0.15) is 17.3 Å². The average Bonchev–Trinajstić information content (AvgIpc) is 2.28. The number of ether oxygens (including phenoxy) is 1. The van der Waals surface area contributed by atoms with E-state index in [0.29, 0.717) is 0 Å². The summed E-state index contributed by atoms with van der Waals surface area (Å²) in [7, 11) is -2.74. The second-order valence-electron chi connectivity index (χ2n) is 3.93. The highest BCUT2D eigenvalue weighted by molar-refractivity contribution is 7.89. The summed E-state index contributed by atoms with van der Waals surface area (Å²) in [5.74, 6) is -2.34. The predicted octanol–water partition coefficient (Wildman–Crippen LogP) is 0.837. The third-order valence-corrected chi connectivity index (χ3v) is 3.85. The lowest BCUT2D eigenvalue weighted by atomic mass is 10.2. The number of rotatable bonds is 6. The number of halogens is 1. The molecule has 106 valence electrons. The molecule has 2 N–H and O–H groups in total. The van der Waals surface area contributed by atoms with E-state index < -0.39 is 32.7 Å². The summed E-state index contributed by atoms with van der Waals surface area (Å²) in [4.78, 5) is 10.1. The first-order valence-corrected chi connectivity index (χ1v) is 6.80. The van der Waals surface area contributed by atoms with E-state index in [2.05, 4.69) is 4.72 Å². The molecule has 1 rings (SSSR count). The molecule has 6 nitrogen and oxygen atoms in total. The maximum absolute atomic E-state index is 13.5. The molecular weight excluding hydrogens is 277 g/mol. The summed E-state index contributed by atoms with van der Waals surface area (Å²) < 4.78 is 44.3. The van der Waals surface area contributed by atoms with E-state index in [-0.39, 0.29) is 12.2 Å². The Morgan fingerprint density at radius 3 is 2.68 bits per heavy atom. The lowest BCUT2D eigenvalue weighted by Crippen LogP contribution is -2.36. The highest BCUT2D eigenvalue weighted by Gasteiger charge is 2.22. The molecule has 0 aliphatic carbocycles. The molecule has 1 aromatic rings. The summed E-state index contributed by atoms with van der Waals surface area (Å²) in [6.07, 6.45) is 0. The molecule has 0 fully saturated rings. The van der Waals surface area contributed by atoms with Gasteiger partial charge in [-0.3, -0.25) is 0 Å². The number of sulfonamides is 1. The van der Waals surface area contributed by atoms with E-state index in [1.54, 1.807) is 6.92 Å². The second kappa shape index (κ2) is 6.09. The highest BCUT2D eigenvalue weighted by Crippen LogP contribution is 2.17. The Morgan fingerprint density at radius 1 is 1.53 bits per heavy atom. The molecule has 0 heterocycles. The van der Waals surface area contributed by atoms with Gasteiger partial charge in [-0.25, -0.2) is 22.3 Å². The van der Waals surface area contributed by atoms with Crippen LogP contribution in [0, 0.1) is 5.82 Å². The third kappa shape index (κ3) is 3.98. The van der Waals surface area contributed by atoms with Gasteiger partial charge in [0.15, 0.2) is 0 Å². The summed E-state index contributed by atoms with van der Waals surface area (Å²) in [5.41, 5.74) is -0.304. The van der Waals surface area contributed by atoms with Crippen molar-refractivity contribution >= 4 is 16.0 Å². The summed E-state index contributed by atoms with van der Waals surface area (Å²) in [5, 5.41) is 8.77. The van der Waals surface area contributed by atoms with E-state index >= 15 is 0 Å². The fraction of sp³-hybridized carbons (Fsp3) is 0.364. The molecular formula is C11H14FNO5S. The molecule has 1 atom stereocenters. The fourth-order valence-corrected chi connectivity index (χ4v) is 2.79. The first-order valence-electron chi connectivity index (χ1n) is 5.32. The minimum absolute atomic E-state index is 0.111. The van der Waals surface area contributed by atoms with Gasteiger partial charge >= 0.3 is 5.97 Å². The van der Waals surface area contributed by atoms with Gasteiger partial charge in [0.2, 0.25) is 10.0 Å². The van der Waals surface area contributed by atoms with Gasteiger partial charge < -0.3 is 9.84 Å². The highest BCUT2D eigenvalue weighted by atomic mass is 32.2. The quantitative estimate of drug-likeness (QED) is 0.810. The second-order valence-corrected chi connectivity index (χ2v) is 5.61. The van der Waals surface area contributed by atoms with Crippen LogP contribution in [-0.4, -0.2) is 39.3 Å². The molecule has 0 spiro atoms. The summed E-state index contributed by atoms with van der Waals surface area (Å²) in [6.45, 7) is 1.65. The van der Waals surface area contributed by atoms with Crippen LogP contribution in [0.4, 0.5) is 4.39 Å². The van der Waals surface area contributed by atoms with Crippen molar-refractivity contribution in [2.24, 2.45) is 0 Å². The number of carboxylic acids is 1. The van der Waals surface area contributed by atoms with Gasteiger partial charge in [-0.1, -0.05) is 0 Å². The minimum atomic E-state index is -4.14. The Bertz CT molecular complexity index is 572. The molecule has 0 amide bonds. The molecule has 1 aromatic carbocycles. The number of carboxylic acid groups (broad SMARTS) is 1. The van der Waals surface area contributed by atoms with Gasteiger partial charge in [-0.05, 0) is 25.1 Å². The van der Waals surface area contributed by atoms with Crippen molar-refractivity contribution in [1.29, 1.82) is 0 Å². The number of methoxy groups -OCH3 is 1. The first-order chi connectivity index (χ1) is 8.77. The van der Waals surface area contributed by atoms with E-state index in [1.165, 1.54) is 7.11 Å². The SMILES string of the molecule is COCC(C)NS(=O)(=O)c1cc(C(=O)O)ccc1F. The number of aromatic carboxylic acids is 1. The number of hydrogen-bond donors (Lipinski definition) is 2. The molecule has 1 unspecified atom stereocenters. The maximum Gasteiger partial charge on any atom is 0.335 e. The lowest BCUT2D eigenvalue weighted by molar-refractivity contribution is 0.0696. The topological polar surface area (TPSA) is 92.7 Å². The van der Waals surface area contributed by atoms with Crippen LogP contribution in [0.3, 0.4) is 0 Å². The van der Waals surface area contributed by atoms with Gasteiger partial charge in [0.1, 0.15) is 10.7 Å². The molecule has 0 radical (unpaired) electrons. The molecule has 0 aromatic heterocycles. The molecule has 0 aliphatic heterocycles. The van der Waals surface area contributed by atoms with Crippen molar-refractivity contribution in [3.63, 3.8) is 0 Å². The van der Waals surface area contributed by atoms with Gasteiger partial charge in [-0.2, -0.15) is 0 Å². The number of nitrogens with one attached hydrogen (secondary N) is 1. The van der Waals surface area contributed by atoms with Crippen molar-refractivity contribution in [2.45, 2.75) is 17.9 Å². The Labute approximate surface area is 110 Å². The zero-order valence-corrected chi connectivity index (χ0v) is 11.2. The van der Waals surface area contributed by atoms with Crippen LogP contribution in [-0.2, 0) is 14.8 Å². The van der Waals surface area contributed by atoms with Crippen LogP contribution in [0.2, 0.25) is 0 Å². The Hall–Kier alpha value is -1.51. The minimum Gasteiger partial charge on any atom is -0.478 e. The monoisotopic (exact) mass is 291 g/mol. The van der Waals surface area contributed by atoms with E-state index in [1.807, 2.05) is 0 Å². The van der Waals surface area contributed by atoms with Crippen LogP contribution < -0.4 is 4.72 Å². The summed E-state index contributed by atoms with van der Waals surface area (Å²) in [6, 6.07) is 2.01. The van der Waals surface area contributed by atoms with Crippen LogP contribution in [0.25, 0.3) is 0 Å². The maximum atomic E-state index is 13.5. The molecule has 8 heteroatoms. The Kier molecular flexibility index (Phi) is 4.98. The van der Waals surface area contributed by atoms with Crippen LogP contribution >= 0.6 is 0 Å². The van der Waals surface area contributed by atoms with E-state index in [9.17, 15) is 17.6 Å². The third-order valence-electron chi connectivity index (χ3n) is 2.24. The molecule has 0 bridgehead atoms. The van der Waals surface area contributed by atoms with E-state index in [4.69, 9.17) is 9.84 Å². The first kappa shape index (κ1) is 15.5. The zero-order chi connectivity index (χ0) is 14.6. The lowest BCUT2D eigenvalue weighted by Gasteiger charge is -2.13. The summed E-state index contributed by atoms with van der Waals surface area (Å²) >= 11 is 0. The van der Waals surface area contributed by atoms with Crippen molar-refractivity contribution < 1.29 is 27.4 Å². The number of benzene rings is 1. The number of carbonyl (C=O) groups is 1. The van der Waals surface area contributed by atoms with Crippen molar-refractivity contribution in [3.8, 4) is 0 Å². The van der Waals surface area contributed by atoms with Crippen molar-refractivity contribution in [2.75, 3.05) is 13.7 Å². The van der Waals surface area contributed by atoms with Crippen molar-refractivity contribution in [3.05, 3.63) is 29.6 Å². The standard InChI is InChI=1S/C11H14FNO5S/c1-7(6-18-2)13-19(16,17)10-5-8(11(14)15)3-4-9(10)12/h3-5,7,13H,6H2,1-2H3,(H,14,15). The van der Waals surface area contributed by atoms with Gasteiger partial charge in [-0.15, -0.1) is 0 Å². The van der Waals surface area contributed by atoms with Crippen LogP contribution in [0.15, 0.2) is 23.1 Å². The average molecular weight is 291 g/mol. The predicted molar refractivity (Wildman–Crippen MR) is 65.0 cm³/mol. The number of hydrogen-bond acceptors (Lipinski definition) is 4.